The molecule has 1 amide bonds. The molecule has 0 aliphatic heterocycles. The van der Waals surface area contributed by atoms with Crippen molar-refractivity contribution in [2.24, 2.45) is 5.73 Å². The van der Waals surface area contributed by atoms with Gasteiger partial charge >= 0.3 is 0 Å². The summed E-state index contributed by atoms with van der Waals surface area (Å²) in [5.41, 5.74) is 14.6. The zero-order valence-electron chi connectivity index (χ0n) is 11.6. The van der Waals surface area contributed by atoms with Gasteiger partial charge in [-0.1, -0.05) is 18.2 Å². The summed E-state index contributed by atoms with van der Waals surface area (Å²) >= 11 is 0. The first kappa shape index (κ1) is 13.7. The van der Waals surface area contributed by atoms with Crippen LogP contribution < -0.4 is 21.7 Å². The number of para-hydroxylation sites is 3. The number of anilines is 4. The van der Waals surface area contributed by atoms with Crippen molar-refractivity contribution in [3.8, 4) is 0 Å². The monoisotopic (exact) mass is 270 g/mol. The average Bonchev–Trinajstić information content (AvgIpc) is 2.41. The van der Waals surface area contributed by atoms with Crippen LogP contribution in [0.1, 0.15) is 10.4 Å². The van der Waals surface area contributed by atoms with Gasteiger partial charge in [0.05, 0.1) is 28.3 Å². The number of nitrogens with two attached hydrogens (primary N) is 2. The lowest BCUT2D eigenvalue weighted by Gasteiger charge is -2.20. The van der Waals surface area contributed by atoms with Crippen molar-refractivity contribution in [1.29, 1.82) is 0 Å². The second-order valence-electron chi connectivity index (χ2n) is 4.67. The number of nitrogens with one attached hydrogen (secondary N) is 1. The molecule has 5 N–H and O–H groups in total. The fourth-order valence-corrected chi connectivity index (χ4v) is 2.02. The molecule has 0 spiro atoms. The Labute approximate surface area is 118 Å². The minimum Gasteiger partial charge on any atom is -0.397 e. The number of carbonyl (C=O) groups excluding carboxylic acids is 1. The van der Waals surface area contributed by atoms with Gasteiger partial charge in [0.25, 0.3) is 5.91 Å². The van der Waals surface area contributed by atoms with E-state index < -0.39 is 5.91 Å². The number of hydrogen-bond acceptors (Lipinski definition) is 4. The van der Waals surface area contributed by atoms with Crippen molar-refractivity contribution >= 4 is 28.7 Å². The lowest BCUT2D eigenvalue weighted by molar-refractivity contribution is 0.100. The summed E-state index contributed by atoms with van der Waals surface area (Å²) in [6, 6.07) is 12.9. The number of nitrogens with zero attached hydrogens (tertiary/aromatic N) is 1. The number of amides is 1. The smallest absolute Gasteiger partial charge is 0.250 e. The van der Waals surface area contributed by atoms with Crippen LogP contribution in [-0.2, 0) is 0 Å². The Bertz CT molecular complexity index is 638. The van der Waals surface area contributed by atoms with E-state index in [0.29, 0.717) is 16.9 Å². The Morgan fingerprint density at radius 3 is 2.45 bits per heavy atom. The molecule has 0 aromatic heterocycles. The molecular formula is C15H18N4O. The van der Waals surface area contributed by atoms with E-state index in [4.69, 9.17) is 11.5 Å². The predicted octanol–water partition coefficient (Wildman–Crippen LogP) is 2.18. The van der Waals surface area contributed by atoms with E-state index in [9.17, 15) is 4.79 Å². The zero-order valence-corrected chi connectivity index (χ0v) is 11.6. The van der Waals surface area contributed by atoms with Crippen molar-refractivity contribution in [2.45, 2.75) is 0 Å². The molecule has 0 aliphatic carbocycles. The molecule has 0 heterocycles. The molecule has 104 valence electrons. The topological polar surface area (TPSA) is 84.4 Å². The van der Waals surface area contributed by atoms with Crippen molar-refractivity contribution in [2.75, 3.05) is 30.0 Å². The summed E-state index contributed by atoms with van der Waals surface area (Å²) in [7, 11) is 3.90. The van der Waals surface area contributed by atoms with Gasteiger partial charge in [-0.3, -0.25) is 4.79 Å². The number of hydrogen-bond donors (Lipinski definition) is 3. The predicted molar refractivity (Wildman–Crippen MR) is 83.4 cm³/mol. The van der Waals surface area contributed by atoms with Crippen LogP contribution in [0.5, 0.6) is 0 Å². The van der Waals surface area contributed by atoms with E-state index in [1.807, 2.05) is 43.3 Å². The molecule has 2 aromatic rings. The number of carbonyl (C=O) groups is 1. The fourth-order valence-electron chi connectivity index (χ4n) is 2.02. The van der Waals surface area contributed by atoms with Crippen LogP contribution in [0.4, 0.5) is 22.7 Å². The minimum absolute atomic E-state index is 0.374. The van der Waals surface area contributed by atoms with Gasteiger partial charge < -0.3 is 21.7 Å². The molecule has 0 aliphatic rings. The van der Waals surface area contributed by atoms with Crippen LogP contribution in [-0.4, -0.2) is 20.0 Å². The fraction of sp³-hybridized carbons (Fsp3) is 0.133. The van der Waals surface area contributed by atoms with Crippen LogP contribution in [0.3, 0.4) is 0 Å². The number of nitrogen functional groups attached to an aromatic ring is 1. The summed E-state index contributed by atoms with van der Waals surface area (Å²) in [5.74, 6) is -0.512. The highest BCUT2D eigenvalue weighted by atomic mass is 16.1. The standard InChI is InChI=1S/C15H18N4O/c1-19(2)13-9-4-3-8-12(13)18-14-10(15(17)20)6-5-7-11(14)16/h3-9,18H,16H2,1-2H3,(H2,17,20). The third-order valence-corrected chi connectivity index (χ3v) is 3.01. The van der Waals surface area contributed by atoms with E-state index in [0.717, 1.165) is 11.4 Å². The Kier molecular flexibility index (Phi) is 3.79. The average molecular weight is 270 g/mol. The minimum atomic E-state index is -0.512. The van der Waals surface area contributed by atoms with Crippen LogP contribution in [0.2, 0.25) is 0 Å². The Balaban J connectivity index is 2.48. The normalized spacial score (nSPS) is 10.1. The van der Waals surface area contributed by atoms with E-state index in [1.165, 1.54) is 0 Å². The molecule has 0 bridgehead atoms. The molecule has 0 saturated heterocycles. The van der Waals surface area contributed by atoms with Crippen molar-refractivity contribution in [3.05, 3.63) is 48.0 Å². The molecule has 0 atom stereocenters. The van der Waals surface area contributed by atoms with Crippen molar-refractivity contribution in [1.82, 2.24) is 0 Å². The first-order chi connectivity index (χ1) is 9.50. The Hall–Kier alpha value is -2.69. The second-order valence-corrected chi connectivity index (χ2v) is 4.67. The lowest BCUT2D eigenvalue weighted by atomic mass is 10.1. The first-order valence-electron chi connectivity index (χ1n) is 6.22. The highest BCUT2D eigenvalue weighted by molar-refractivity contribution is 6.02. The maximum Gasteiger partial charge on any atom is 0.250 e. The van der Waals surface area contributed by atoms with Gasteiger partial charge in [-0.2, -0.15) is 0 Å². The van der Waals surface area contributed by atoms with Crippen LogP contribution in [0.25, 0.3) is 0 Å². The largest absolute Gasteiger partial charge is 0.397 e. The van der Waals surface area contributed by atoms with Crippen molar-refractivity contribution < 1.29 is 4.79 Å². The number of primary amides is 1. The molecule has 0 fully saturated rings. The summed E-state index contributed by atoms with van der Waals surface area (Å²) in [6.45, 7) is 0. The van der Waals surface area contributed by atoms with Crippen molar-refractivity contribution in [3.63, 3.8) is 0 Å². The highest BCUT2D eigenvalue weighted by Crippen LogP contribution is 2.31. The van der Waals surface area contributed by atoms with Gasteiger partial charge in [-0.25, -0.2) is 0 Å². The van der Waals surface area contributed by atoms with E-state index in [1.54, 1.807) is 18.2 Å². The van der Waals surface area contributed by atoms with Gasteiger partial charge in [0.15, 0.2) is 0 Å². The van der Waals surface area contributed by atoms with E-state index in [2.05, 4.69) is 5.32 Å². The lowest BCUT2D eigenvalue weighted by Crippen LogP contribution is -2.15. The van der Waals surface area contributed by atoms with Crippen LogP contribution in [0.15, 0.2) is 42.5 Å². The summed E-state index contributed by atoms with van der Waals surface area (Å²) in [5, 5.41) is 3.20. The third-order valence-electron chi connectivity index (χ3n) is 3.01. The van der Waals surface area contributed by atoms with E-state index in [-0.39, 0.29) is 0 Å². The maximum atomic E-state index is 11.5. The SMILES string of the molecule is CN(C)c1ccccc1Nc1c(N)cccc1C(N)=O. The molecule has 20 heavy (non-hydrogen) atoms. The second kappa shape index (κ2) is 5.52. The summed E-state index contributed by atoms with van der Waals surface area (Å²) < 4.78 is 0. The first-order valence-corrected chi connectivity index (χ1v) is 6.22. The Morgan fingerprint density at radius 2 is 1.80 bits per heavy atom. The molecule has 2 rings (SSSR count). The van der Waals surface area contributed by atoms with Crippen LogP contribution in [0, 0.1) is 0 Å². The maximum absolute atomic E-state index is 11.5. The molecule has 5 nitrogen and oxygen atoms in total. The van der Waals surface area contributed by atoms with Gasteiger partial charge in [-0.05, 0) is 24.3 Å². The highest BCUT2D eigenvalue weighted by Gasteiger charge is 2.13. The molecule has 0 radical (unpaired) electrons. The summed E-state index contributed by atoms with van der Waals surface area (Å²) in [4.78, 5) is 13.5. The summed E-state index contributed by atoms with van der Waals surface area (Å²) in [6.07, 6.45) is 0. The third kappa shape index (κ3) is 2.66. The molecular weight excluding hydrogens is 252 g/mol. The Morgan fingerprint density at radius 1 is 1.10 bits per heavy atom. The van der Waals surface area contributed by atoms with Gasteiger partial charge in [0.2, 0.25) is 0 Å². The van der Waals surface area contributed by atoms with Gasteiger partial charge in [0, 0.05) is 14.1 Å². The number of benzene rings is 2. The van der Waals surface area contributed by atoms with Crippen LogP contribution >= 0.6 is 0 Å². The quantitative estimate of drug-likeness (QED) is 0.743. The molecule has 2 aromatic carbocycles. The zero-order chi connectivity index (χ0) is 14.7. The molecule has 5 heteroatoms. The van der Waals surface area contributed by atoms with E-state index >= 15 is 0 Å². The van der Waals surface area contributed by atoms with Gasteiger partial charge in [-0.15, -0.1) is 0 Å². The van der Waals surface area contributed by atoms with Gasteiger partial charge in [0.1, 0.15) is 0 Å². The molecule has 0 saturated carbocycles. The molecule has 0 unspecified atom stereocenters. The number of rotatable bonds is 4.